The number of anilines is 1. The molecule has 2 atom stereocenters. The number of piperidine rings is 1. The Labute approximate surface area is 194 Å². The summed E-state index contributed by atoms with van der Waals surface area (Å²) >= 11 is 5.47. The average Bonchev–Trinajstić information content (AvgIpc) is 3.11. The van der Waals surface area contributed by atoms with Gasteiger partial charge in [0.15, 0.2) is 16.6 Å². The van der Waals surface area contributed by atoms with E-state index in [0.717, 1.165) is 49.1 Å². The molecule has 32 heavy (non-hydrogen) atoms. The maximum absolute atomic E-state index is 12.9. The number of amides is 1. The lowest BCUT2D eigenvalue weighted by molar-refractivity contribution is -0.128. The number of carbonyl (C=O) groups excluding carboxylic acids is 1. The van der Waals surface area contributed by atoms with E-state index >= 15 is 0 Å². The van der Waals surface area contributed by atoms with Crippen LogP contribution in [0.5, 0.6) is 11.5 Å². The molecule has 1 aromatic heterocycles. The normalized spacial score (nSPS) is 20.6. The Morgan fingerprint density at radius 3 is 2.53 bits per heavy atom. The molecule has 1 amide bonds. The van der Waals surface area contributed by atoms with Crippen molar-refractivity contribution in [3.63, 3.8) is 0 Å². The van der Waals surface area contributed by atoms with Gasteiger partial charge in [-0.2, -0.15) is 0 Å². The summed E-state index contributed by atoms with van der Waals surface area (Å²) in [6, 6.07) is 3.64. The van der Waals surface area contributed by atoms with Gasteiger partial charge < -0.3 is 19.7 Å². The van der Waals surface area contributed by atoms with E-state index in [1.807, 2.05) is 12.1 Å². The average molecular weight is 458 g/mol. The van der Waals surface area contributed by atoms with Gasteiger partial charge in [0, 0.05) is 31.1 Å². The summed E-state index contributed by atoms with van der Waals surface area (Å²) in [5, 5.41) is 4.75. The highest BCUT2D eigenvalue weighted by atomic mass is 32.1. The van der Waals surface area contributed by atoms with Crippen molar-refractivity contribution in [1.29, 1.82) is 0 Å². The van der Waals surface area contributed by atoms with Crippen LogP contribution in [-0.4, -0.2) is 65.8 Å². The molecule has 9 heteroatoms. The lowest BCUT2D eigenvalue weighted by Gasteiger charge is -2.34. The van der Waals surface area contributed by atoms with Crippen LogP contribution >= 0.6 is 12.2 Å². The minimum absolute atomic E-state index is 0.120. The number of ether oxygens (including phenoxy) is 2. The summed E-state index contributed by atoms with van der Waals surface area (Å²) in [7, 11) is 3.25. The van der Waals surface area contributed by atoms with Crippen LogP contribution in [0.25, 0.3) is 10.9 Å². The summed E-state index contributed by atoms with van der Waals surface area (Å²) in [6.07, 6.45) is 4.48. The molecule has 2 unspecified atom stereocenters. The smallest absolute Gasteiger partial charge is 0.251 e. The van der Waals surface area contributed by atoms with Crippen molar-refractivity contribution in [2.24, 2.45) is 11.8 Å². The minimum Gasteiger partial charge on any atom is -0.493 e. The van der Waals surface area contributed by atoms with Gasteiger partial charge >= 0.3 is 0 Å². The fourth-order valence-corrected chi connectivity index (χ4v) is 4.83. The molecule has 2 saturated heterocycles. The standard InChI is InChI=1S/C23H31N5O3S/c1-5-14(2)20-22(29)28(23(32)26-20)12-15-6-8-27(9-7-15)21-16-10-18(30-3)19(31-4)11-17(16)24-13-25-21/h10-11,13-15,20H,5-9,12H2,1-4H3,(H,26,32). The number of hydrogen-bond acceptors (Lipinski definition) is 7. The molecule has 3 heterocycles. The van der Waals surface area contributed by atoms with Crippen LogP contribution in [0.4, 0.5) is 5.82 Å². The third-order valence-corrected chi connectivity index (χ3v) is 7.08. The zero-order valence-corrected chi connectivity index (χ0v) is 19.9. The number of aromatic nitrogens is 2. The molecule has 2 aliphatic rings. The Morgan fingerprint density at radius 1 is 1.19 bits per heavy atom. The van der Waals surface area contributed by atoms with Crippen molar-refractivity contribution in [2.45, 2.75) is 39.2 Å². The van der Waals surface area contributed by atoms with E-state index in [9.17, 15) is 4.79 Å². The van der Waals surface area contributed by atoms with Crippen LogP contribution in [0.3, 0.4) is 0 Å². The van der Waals surface area contributed by atoms with Crippen LogP contribution in [0.2, 0.25) is 0 Å². The van der Waals surface area contributed by atoms with Crippen molar-refractivity contribution in [3.05, 3.63) is 18.5 Å². The van der Waals surface area contributed by atoms with Crippen molar-refractivity contribution in [1.82, 2.24) is 20.2 Å². The zero-order valence-electron chi connectivity index (χ0n) is 19.1. The molecule has 0 spiro atoms. The lowest BCUT2D eigenvalue weighted by Crippen LogP contribution is -2.42. The van der Waals surface area contributed by atoms with E-state index in [2.05, 4.69) is 34.0 Å². The Balaban J connectivity index is 1.45. The van der Waals surface area contributed by atoms with E-state index in [-0.39, 0.29) is 17.9 Å². The number of hydrogen-bond donors (Lipinski definition) is 1. The predicted octanol–water partition coefficient (Wildman–Crippen LogP) is 2.99. The second-order valence-electron chi connectivity index (χ2n) is 8.61. The molecule has 172 valence electrons. The van der Waals surface area contributed by atoms with E-state index < -0.39 is 0 Å². The Bertz CT molecular complexity index is 1010. The SMILES string of the molecule is CCC(C)C1NC(=S)N(CC2CCN(c3ncnc4cc(OC)c(OC)cc34)CC2)C1=O. The van der Waals surface area contributed by atoms with E-state index in [1.165, 1.54) is 0 Å². The van der Waals surface area contributed by atoms with Gasteiger partial charge in [-0.3, -0.25) is 9.69 Å². The number of nitrogens with zero attached hydrogens (tertiary/aromatic N) is 4. The summed E-state index contributed by atoms with van der Waals surface area (Å²) < 4.78 is 10.9. The van der Waals surface area contributed by atoms with Gasteiger partial charge in [0.2, 0.25) is 0 Å². The molecule has 0 bridgehead atoms. The first-order valence-corrected chi connectivity index (χ1v) is 11.6. The number of thiocarbonyl (C=S) groups is 1. The van der Waals surface area contributed by atoms with Gasteiger partial charge in [0.05, 0.1) is 19.7 Å². The van der Waals surface area contributed by atoms with E-state index in [1.54, 1.807) is 25.4 Å². The van der Waals surface area contributed by atoms with Crippen molar-refractivity contribution >= 4 is 40.0 Å². The minimum atomic E-state index is -0.188. The largest absolute Gasteiger partial charge is 0.493 e. The molecule has 2 fully saturated rings. The molecule has 0 saturated carbocycles. The first-order chi connectivity index (χ1) is 15.5. The number of rotatable bonds is 7. The molecular weight excluding hydrogens is 426 g/mol. The van der Waals surface area contributed by atoms with E-state index in [0.29, 0.717) is 29.1 Å². The van der Waals surface area contributed by atoms with Crippen LogP contribution in [0.15, 0.2) is 18.5 Å². The monoisotopic (exact) mass is 457 g/mol. The maximum Gasteiger partial charge on any atom is 0.251 e. The first kappa shape index (κ1) is 22.5. The number of nitrogens with one attached hydrogen (secondary N) is 1. The van der Waals surface area contributed by atoms with Gasteiger partial charge in [-0.15, -0.1) is 0 Å². The highest BCUT2D eigenvalue weighted by Crippen LogP contribution is 2.36. The van der Waals surface area contributed by atoms with Crippen molar-refractivity contribution < 1.29 is 14.3 Å². The topological polar surface area (TPSA) is 79.8 Å². The van der Waals surface area contributed by atoms with Gasteiger partial charge in [-0.1, -0.05) is 20.3 Å². The number of carbonyl (C=O) groups is 1. The number of fused-ring (bicyclic) bond motifs is 1. The summed E-state index contributed by atoms with van der Waals surface area (Å²) in [4.78, 5) is 25.9. The molecule has 8 nitrogen and oxygen atoms in total. The molecular formula is C23H31N5O3S. The summed E-state index contributed by atoms with van der Waals surface area (Å²) in [5.74, 6) is 3.02. The van der Waals surface area contributed by atoms with E-state index in [4.69, 9.17) is 21.7 Å². The highest BCUT2D eigenvalue weighted by Gasteiger charge is 2.39. The van der Waals surface area contributed by atoms with Crippen molar-refractivity contribution in [3.8, 4) is 11.5 Å². The van der Waals surface area contributed by atoms with Crippen LogP contribution < -0.4 is 19.7 Å². The van der Waals surface area contributed by atoms with Crippen LogP contribution in [-0.2, 0) is 4.79 Å². The molecule has 1 aromatic carbocycles. The molecule has 0 aliphatic carbocycles. The molecule has 4 rings (SSSR count). The molecule has 2 aliphatic heterocycles. The second-order valence-corrected chi connectivity index (χ2v) is 9.00. The Kier molecular flexibility index (Phi) is 6.64. The van der Waals surface area contributed by atoms with Gasteiger partial charge in [0.25, 0.3) is 5.91 Å². The third-order valence-electron chi connectivity index (χ3n) is 6.74. The molecule has 0 radical (unpaired) electrons. The van der Waals surface area contributed by atoms with Crippen molar-refractivity contribution in [2.75, 3.05) is 38.8 Å². The summed E-state index contributed by atoms with van der Waals surface area (Å²) in [5.41, 5.74) is 0.824. The van der Waals surface area contributed by atoms with Crippen LogP contribution in [0, 0.1) is 11.8 Å². The Hall–Kier alpha value is -2.68. The maximum atomic E-state index is 12.9. The molecule has 1 N–H and O–H groups in total. The fraction of sp³-hybridized carbons (Fsp3) is 0.565. The van der Waals surface area contributed by atoms with Gasteiger partial charge in [-0.25, -0.2) is 9.97 Å². The number of methoxy groups -OCH3 is 2. The van der Waals surface area contributed by atoms with Gasteiger partial charge in [-0.05, 0) is 43.0 Å². The summed E-state index contributed by atoms with van der Waals surface area (Å²) in [6.45, 7) is 6.60. The predicted molar refractivity (Wildman–Crippen MR) is 128 cm³/mol. The fourth-order valence-electron chi connectivity index (χ4n) is 4.54. The number of benzene rings is 1. The second kappa shape index (κ2) is 9.44. The first-order valence-electron chi connectivity index (χ1n) is 11.2. The zero-order chi connectivity index (χ0) is 22.8. The highest BCUT2D eigenvalue weighted by molar-refractivity contribution is 7.80. The van der Waals surface area contributed by atoms with Crippen LogP contribution in [0.1, 0.15) is 33.1 Å². The quantitative estimate of drug-likeness (QED) is 0.636. The molecule has 2 aromatic rings. The Morgan fingerprint density at radius 2 is 1.88 bits per heavy atom. The third kappa shape index (κ3) is 4.18. The lowest BCUT2D eigenvalue weighted by atomic mass is 9.95. The van der Waals surface area contributed by atoms with Gasteiger partial charge in [0.1, 0.15) is 18.2 Å².